The smallest absolute Gasteiger partial charge is 0.416 e. The van der Waals surface area contributed by atoms with E-state index in [2.05, 4.69) is 5.32 Å². The zero-order chi connectivity index (χ0) is 20.3. The molecule has 8 heteroatoms. The Balaban J connectivity index is 1.64. The summed E-state index contributed by atoms with van der Waals surface area (Å²) >= 11 is 0. The highest BCUT2D eigenvalue weighted by Gasteiger charge is 2.36. The number of halogens is 3. The Labute approximate surface area is 160 Å². The molecule has 28 heavy (non-hydrogen) atoms. The van der Waals surface area contributed by atoms with Gasteiger partial charge in [-0.25, -0.2) is 0 Å². The number of alkyl halides is 3. The topological polar surface area (TPSA) is 58.6 Å². The van der Waals surface area contributed by atoms with Gasteiger partial charge < -0.3 is 15.0 Å². The molecule has 0 aromatic heterocycles. The monoisotopic (exact) mass is 392 g/mol. The highest BCUT2D eigenvalue weighted by molar-refractivity contribution is 6.00. The first kappa shape index (κ1) is 19.7. The van der Waals surface area contributed by atoms with E-state index in [4.69, 9.17) is 4.74 Å². The van der Waals surface area contributed by atoms with Gasteiger partial charge >= 0.3 is 6.18 Å². The quantitative estimate of drug-likeness (QED) is 0.849. The fourth-order valence-electron chi connectivity index (χ4n) is 3.17. The highest BCUT2D eigenvalue weighted by Crippen LogP contribution is 2.32. The second-order valence-corrected chi connectivity index (χ2v) is 6.48. The minimum absolute atomic E-state index is 0.0127. The Morgan fingerprint density at radius 3 is 2.50 bits per heavy atom. The third-order valence-corrected chi connectivity index (χ3v) is 4.66. The van der Waals surface area contributed by atoms with Crippen LogP contribution in [0.3, 0.4) is 0 Å². The average Bonchev–Trinajstić information content (AvgIpc) is 3.07. The summed E-state index contributed by atoms with van der Waals surface area (Å²) in [6.45, 7) is -0.0698. The van der Waals surface area contributed by atoms with Crippen LogP contribution in [0.1, 0.15) is 17.5 Å². The summed E-state index contributed by atoms with van der Waals surface area (Å²) in [4.78, 5) is 26.2. The molecule has 5 nitrogen and oxygen atoms in total. The number of ether oxygens (including phenoxy) is 1. The van der Waals surface area contributed by atoms with Gasteiger partial charge in [0.1, 0.15) is 5.75 Å². The number of carbonyl (C=O) groups is 2. The summed E-state index contributed by atoms with van der Waals surface area (Å²) in [6, 6.07) is 12.0. The molecule has 1 fully saturated rings. The van der Waals surface area contributed by atoms with Crippen LogP contribution in [0.4, 0.5) is 18.9 Å². The number of rotatable bonds is 5. The van der Waals surface area contributed by atoms with Crippen LogP contribution in [0.2, 0.25) is 0 Å². The molecule has 0 bridgehead atoms. The third-order valence-electron chi connectivity index (χ3n) is 4.66. The van der Waals surface area contributed by atoms with Gasteiger partial charge in [-0.2, -0.15) is 13.2 Å². The molecule has 148 valence electrons. The van der Waals surface area contributed by atoms with Crippen molar-refractivity contribution in [2.24, 2.45) is 5.92 Å². The van der Waals surface area contributed by atoms with Crippen molar-refractivity contribution in [3.05, 3.63) is 59.7 Å². The van der Waals surface area contributed by atoms with Crippen LogP contribution in [-0.2, 0) is 22.3 Å². The fourth-order valence-corrected chi connectivity index (χ4v) is 3.17. The van der Waals surface area contributed by atoms with E-state index in [0.717, 1.165) is 6.07 Å². The Bertz CT molecular complexity index is 866. The maximum atomic E-state index is 13.0. The Kier molecular flexibility index (Phi) is 5.58. The summed E-state index contributed by atoms with van der Waals surface area (Å²) in [5.74, 6) is -0.622. The molecule has 3 rings (SSSR count). The molecule has 2 aromatic rings. The molecule has 0 unspecified atom stereocenters. The first-order valence-corrected chi connectivity index (χ1v) is 8.67. The summed E-state index contributed by atoms with van der Waals surface area (Å²) in [5, 5.41) is 2.53. The lowest BCUT2D eigenvalue weighted by Crippen LogP contribution is -2.33. The number of nitrogens with zero attached hydrogens (tertiary/aromatic N) is 1. The number of hydrogen-bond acceptors (Lipinski definition) is 3. The Morgan fingerprint density at radius 2 is 1.86 bits per heavy atom. The standard InChI is InChI=1S/C20H19F3N2O3/c1-28-16-8-6-15(7-9-16)25-12-14(10-18(25)26)19(27)24-11-13-4-2-3-5-17(13)20(21,22)23/h2-9,14H,10-12H2,1H3,(H,24,27)/t14-/m1/s1. The second-order valence-electron chi connectivity index (χ2n) is 6.48. The highest BCUT2D eigenvalue weighted by atomic mass is 19.4. The minimum Gasteiger partial charge on any atom is -0.497 e. The summed E-state index contributed by atoms with van der Waals surface area (Å²) in [5.41, 5.74) is -0.152. The molecule has 2 amide bonds. The van der Waals surface area contributed by atoms with Gasteiger partial charge in [-0.05, 0) is 35.9 Å². The van der Waals surface area contributed by atoms with Crippen molar-refractivity contribution in [3.8, 4) is 5.75 Å². The van der Waals surface area contributed by atoms with Crippen LogP contribution in [-0.4, -0.2) is 25.5 Å². The molecule has 0 radical (unpaired) electrons. The number of amides is 2. The number of methoxy groups -OCH3 is 1. The lowest BCUT2D eigenvalue weighted by atomic mass is 10.1. The van der Waals surface area contributed by atoms with Crippen molar-refractivity contribution in [1.29, 1.82) is 0 Å². The fraction of sp³-hybridized carbons (Fsp3) is 0.300. The van der Waals surface area contributed by atoms with Crippen molar-refractivity contribution >= 4 is 17.5 Å². The predicted octanol–water partition coefficient (Wildman–Crippen LogP) is 3.38. The summed E-state index contributed by atoms with van der Waals surface area (Å²) in [7, 11) is 1.54. The third kappa shape index (κ3) is 4.27. The predicted molar refractivity (Wildman–Crippen MR) is 96.7 cm³/mol. The molecule has 1 heterocycles. The maximum absolute atomic E-state index is 13.0. The van der Waals surface area contributed by atoms with Gasteiger partial charge in [0.2, 0.25) is 11.8 Å². The van der Waals surface area contributed by atoms with Gasteiger partial charge in [-0.15, -0.1) is 0 Å². The Hall–Kier alpha value is -3.03. The molecule has 1 atom stereocenters. The first-order valence-electron chi connectivity index (χ1n) is 8.67. The van der Waals surface area contributed by atoms with Gasteiger partial charge in [0.25, 0.3) is 0 Å². The number of benzene rings is 2. The average molecular weight is 392 g/mol. The first-order chi connectivity index (χ1) is 13.3. The molecule has 2 aromatic carbocycles. The number of hydrogen-bond donors (Lipinski definition) is 1. The number of carbonyl (C=O) groups excluding carboxylic acids is 2. The van der Waals surface area contributed by atoms with Gasteiger partial charge in [0, 0.05) is 25.2 Å². The molecular weight excluding hydrogens is 373 g/mol. The number of nitrogens with one attached hydrogen (secondary N) is 1. The van der Waals surface area contributed by atoms with Crippen molar-refractivity contribution in [2.75, 3.05) is 18.6 Å². The Morgan fingerprint density at radius 1 is 1.18 bits per heavy atom. The van der Waals surface area contributed by atoms with E-state index in [-0.39, 0.29) is 31.0 Å². The molecule has 1 aliphatic heterocycles. The van der Waals surface area contributed by atoms with E-state index in [0.29, 0.717) is 11.4 Å². The van der Waals surface area contributed by atoms with Gasteiger partial charge in [0.05, 0.1) is 18.6 Å². The second kappa shape index (κ2) is 7.92. The van der Waals surface area contributed by atoms with Crippen molar-refractivity contribution < 1.29 is 27.5 Å². The summed E-state index contributed by atoms with van der Waals surface area (Å²) in [6.07, 6.45) is -4.48. The van der Waals surface area contributed by atoms with Crippen LogP contribution >= 0.6 is 0 Å². The molecule has 0 spiro atoms. The van der Waals surface area contributed by atoms with E-state index in [9.17, 15) is 22.8 Å². The molecule has 0 saturated carbocycles. The zero-order valence-corrected chi connectivity index (χ0v) is 15.1. The lowest BCUT2D eigenvalue weighted by molar-refractivity contribution is -0.138. The number of anilines is 1. The molecule has 1 aliphatic rings. The molecular formula is C20H19F3N2O3. The molecule has 1 saturated heterocycles. The maximum Gasteiger partial charge on any atom is 0.416 e. The van der Waals surface area contributed by atoms with E-state index < -0.39 is 23.6 Å². The van der Waals surface area contributed by atoms with Crippen molar-refractivity contribution in [2.45, 2.75) is 19.1 Å². The van der Waals surface area contributed by atoms with Crippen LogP contribution in [0.5, 0.6) is 5.75 Å². The van der Waals surface area contributed by atoms with Gasteiger partial charge in [-0.1, -0.05) is 18.2 Å². The van der Waals surface area contributed by atoms with E-state index in [1.54, 1.807) is 24.3 Å². The van der Waals surface area contributed by atoms with Crippen LogP contribution in [0.15, 0.2) is 48.5 Å². The SMILES string of the molecule is COc1ccc(N2C[C@H](C(=O)NCc3ccccc3C(F)(F)F)CC2=O)cc1. The minimum atomic E-state index is -4.49. The van der Waals surface area contributed by atoms with Crippen molar-refractivity contribution in [1.82, 2.24) is 5.32 Å². The zero-order valence-electron chi connectivity index (χ0n) is 15.1. The van der Waals surface area contributed by atoms with E-state index in [1.165, 1.54) is 30.2 Å². The van der Waals surface area contributed by atoms with E-state index >= 15 is 0 Å². The van der Waals surface area contributed by atoms with Crippen LogP contribution in [0.25, 0.3) is 0 Å². The van der Waals surface area contributed by atoms with E-state index in [1.807, 2.05) is 0 Å². The van der Waals surface area contributed by atoms with Crippen molar-refractivity contribution in [3.63, 3.8) is 0 Å². The summed E-state index contributed by atoms with van der Waals surface area (Å²) < 4.78 is 44.2. The van der Waals surface area contributed by atoms with Gasteiger partial charge in [-0.3, -0.25) is 9.59 Å². The molecule has 0 aliphatic carbocycles. The van der Waals surface area contributed by atoms with Crippen LogP contribution < -0.4 is 15.0 Å². The molecule has 1 N–H and O–H groups in total. The largest absolute Gasteiger partial charge is 0.497 e. The van der Waals surface area contributed by atoms with Crippen LogP contribution in [0, 0.1) is 5.92 Å². The van der Waals surface area contributed by atoms with Gasteiger partial charge in [0.15, 0.2) is 0 Å². The lowest BCUT2D eigenvalue weighted by Gasteiger charge is -2.17. The normalized spacial score (nSPS) is 16.9.